The maximum atomic E-state index is 13.2. The molecule has 4 rings (SSSR count). The van der Waals surface area contributed by atoms with Gasteiger partial charge in [0, 0.05) is 25.0 Å². The van der Waals surface area contributed by atoms with Crippen molar-refractivity contribution in [2.45, 2.75) is 44.4 Å². The maximum absolute atomic E-state index is 13.2. The fraction of sp³-hybridized carbons (Fsp3) is 0.524. The van der Waals surface area contributed by atoms with Crippen molar-refractivity contribution >= 4 is 23.6 Å². The lowest BCUT2D eigenvalue weighted by Crippen LogP contribution is -2.45. The van der Waals surface area contributed by atoms with Gasteiger partial charge in [0.15, 0.2) is 6.61 Å². The minimum absolute atomic E-state index is 0.0849. The molecule has 0 spiro atoms. The van der Waals surface area contributed by atoms with Gasteiger partial charge in [-0.3, -0.25) is 4.79 Å². The number of aromatic nitrogens is 2. The quantitative estimate of drug-likeness (QED) is 0.605. The lowest BCUT2D eigenvalue weighted by atomic mass is 9.95. The monoisotopic (exact) mass is 486 g/mol. The van der Waals surface area contributed by atoms with Crippen LogP contribution in [0.15, 0.2) is 28.7 Å². The van der Waals surface area contributed by atoms with Crippen LogP contribution < -0.4 is 0 Å². The maximum Gasteiger partial charge on any atom is 0.422 e. The zero-order chi connectivity index (χ0) is 23.6. The van der Waals surface area contributed by atoms with Crippen LogP contribution in [0.4, 0.5) is 18.0 Å². The lowest BCUT2D eigenvalue weighted by molar-refractivity contribution is -0.162. The second-order valence-electron chi connectivity index (χ2n) is 8.11. The van der Waals surface area contributed by atoms with Gasteiger partial charge in [0.25, 0.3) is 0 Å². The van der Waals surface area contributed by atoms with Crippen LogP contribution in [-0.2, 0) is 16.1 Å². The first-order chi connectivity index (χ1) is 15.7. The molecule has 1 aliphatic carbocycles. The van der Waals surface area contributed by atoms with Crippen molar-refractivity contribution in [1.29, 1.82) is 0 Å². The van der Waals surface area contributed by atoms with Crippen LogP contribution >= 0.6 is 11.6 Å². The molecule has 2 amide bonds. The molecule has 1 aromatic carbocycles. The molecule has 0 atom stereocenters. The van der Waals surface area contributed by atoms with E-state index in [1.165, 1.54) is 4.90 Å². The van der Waals surface area contributed by atoms with E-state index in [1.54, 1.807) is 29.2 Å². The molecule has 1 aromatic heterocycles. The molecule has 33 heavy (non-hydrogen) atoms. The second-order valence-corrected chi connectivity index (χ2v) is 8.52. The van der Waals surface area contributed by atoms with Crippen LogP contribution in [0.1, 0.15) is 31.6 Å². The molecule has 0 radical (unpaired) electrons. The summed E-state index contributed by atoms with van der Waals surface area (Å²) >= 11 is 6.18. The highest BCUT2D eigenvalue weighted by atomic mass is 35.5. The van der Waals surface area contributed by atoms with E-state index in [2.05, 4.69) is 14.9 Å². The van der Waals surface area contributed by atoms with Crippen molar-refractivity contribution in [3.8, 4) is 11.5 Å². The number of rotatable bonds is 6. The summed E-state index contributed by atoms with van der Waals surface area (Å²) in [5.41, 5.74) is 0.604. The van der Waals surface area contributed by atoms with Gasteiger partial charge < -0.3 is 19.0 Å². The Morgan fingerprint density at radius 3 is 2.48 bits per heavy atom. The highest BCUT2D eigenvalue weighted by Gasteiger charge is 2.39. The Morgan fingerprint density at radius 2 is 1.85 bits per heavy atom. The van der Waals surface area contributed by atoms with Crippen molar-refractivity contribution in [3.63, 3.8) is 0 Å². The smallest absolute Gasteiger partial charge is 0.422 e. The number of carbonyl (C=O) groups excluding carboxylic acids is 2. The Balaban J connectivity index is 1.34. The summed E-state index contributed by atoms with van der Waals surface area (Å²) in [6, 6.07) is 7.15. The average molecular weight is 487 g/mol. The second kappa shape index (κ2) is 9.58. The fourth-order valence-corrected chi connectivity index (χ4v) is 3.97. The van der Waals surface area contributed by atoms with Gasteiger partial charge in [0.1, 0.15) is 0 Å². The van der Waals surface area contributed by atoms with Gasteiger partial charge in [-0.15, -0.1) is 10.2 Å². The molecule has 1 aliphatic heterocycles. The number of alkyl halides is 3. The molecule has 2 aliphatic rings. The highest BCUT2D eigenvalue weighted by molar-refractivity contribution is 6.33. The van der Waals surface area contributed by atoms with Crippen molar-refractivity contribution in [2.24, 2.45) is 5.92 Å². The normalized spacial score (nSPS) is 17.2. The van der Waals surface area contributed by atoms with Gasteiger partial charge in [-0.1, -0.05) is 23.7 Å². The van der Waals surface area contributed by atoms with Crippen molar-refractivity contribution < 1.29 is 31.9 Å². The first-order valence-corrected chi connectivity index (χ1v) is 11.0. The Bertz CT molecular complexity index is 1000. The van der Waals surface area contributed by atoms with Crippen LogP contribution in [0.25, 0.3) is 11.5 Å². The third kappa shape index (κ3) is 5.95. The third-order valence-corrected chi connectivity index (χ3v) is 5.94. The standard InChI is InChI=1S/C21H22ClF3N4O4/c22-16-4-2-1-3-15(16)18-27-26-17(33-18)11-29(14-5-6-14)19(30)13-7-9-28(10-8-13)20(31)32-12-21(23,24)25/h1-4,13-14H,5-12H2. The summed E-state index contributed by atoms with van der Waals surface area (Å²) in [6.45, 7) is -1.15. The van der Waals surface area contributed by atoms with E-state index < -0.39 is 18.9 Å². The van der Waals surface area contributed by atoms with E-state index in [0.717, 1.165) is 12.8 Å². The number of amides is 2. The molecule has 1 saturated heterocycles. The van der Waals surface area contributed by atoms with Gasteiger partial charge in [-0.05, 0) is 37.8 Å². The largest absolute Gasteiger partial charge is 0.440 e. The van der Waals surface area contributed by atoms with E-state index in [-0.39, 0.29) is 43.4 Å². The first kappa shape index (κ1) is 23.3. The summed E-state index contributed by atoms with van der Waals surface area (Å²) < 4.78 is 46.8. The topological polar surface area (TPSA) is 88.8 Å². The molecular formula is C21H22ClF3N4O4. The Hall–Kier alpha value is -2.82. The molecule has 1 saturated carbocycles. The molecule has 2 fully saturated rings. The summed E-state index contributed by atoms with van der Waals surface area (Å²) in [5, 5.41) is 8.57. The van der Waals surface area contributed by atoms with Crippen LogP contribution in [0.2, 0.25) is 5.02 Å². The zero-order valence-electron chi connectivity index (χ0n) is 17.6. The number of benzene rings is 1. The number of piperidine rings is 1. The molecule has 8 nitrogen and oxygen atoms in total. The number of ether oxygens (including phenoxy) is 1. The summed E-state index contributed by atoms with van der Waals surface area (Å²) in [5.74, 6) is 0.129. The fourth-order valence-electron chi connectivity index (χ4n) is 3.76. The van der Waals surface area contributed by atoms with E-state index in [9.17, 15) is 22.8 Å². The van der Waals surface area contributed by atoms with Gasteiger partial charge in [0.05, 0.1) is 17.1 Å². The summed E-state index contributed by atoms with van der Waals surface area (Å²) in [4.78, 5) is 27.9. The minimum Gasteiger partial charge on any atom is -0.440 e. The van der Waals surface area contributed by atoms with Gasteiger partial charge >= 0.3 is 12.3 Å². The van der Waals surface area contributed by atoms with Crippen LogP contribution in [-0.4, -0.2) is 63.9 Å². The SMILES string of the molecule is O=C(OCC(F)(F)F)N1CCC(C(=O)N(Cc2nnc(-c3ccccc3Cl)o2)C2CC2)CC1. The predicted octanol–water partition coefficient (Wildman–Crippen LogP) is 4.29. The number of hydrogen-bond donors (Lipinski definition) is 0. The van der Waals surface area contributed by atoms with Crippen LogP contribution in [0.3, 0.4) is 0 Å². The van der Waals surface area contributed by atoms with Crippen molar-refractivity contribution in [3.05, 3.63) is 35.2 Å². The number of likely N-dealkylation sites (tertiary alicyclic amines) is 1. The molecule has 0 bridgehead atoms. The molecule has 178 valence electrons. The van der Waals surface area contributed by atoms with Crippen molar-refractivity contribution in [2.75, 3.05) is 19.7 Å². The number of hydrogen-bond acceptors (Lipinski definition) is 6. The predicted molar refractivity (Wildman–Crippen MR) is 110 cm³/mol. The minimum atomic E-state index is -4.57. The number of nitrogens with zero attached hydrogens (tertiary/aromatic N) is 4. The zero-order valence-corrected chi connectivity index (χ0v) is 18.3. The molecular weight excluding hydrogens is 465 g/mol. The van der Waals surface area contributed by atoms with E-state index >= 15 is 0 Å². The summed E-state index contributed by atoms with van der Waals surface area (Å²) in [7, 11) is 0. The Kier molecular flexibility index (Phi) is 6.78. The average Bonchev–Trinajstić information content (AvgIpc) is 3.53. The molecule has 12 heteroatoms. The van der Waals surface area contributed by atoms with Gasteiger partial charge in [-0.2, -0.15) is 13.2 Å². The van der Waals surface area contributed by atoms with E-state index in [4.69, 9.17) is 16.0 Å². The number of carbonyl (C=O) groups is 2. The molecule has 2 aromatic rings. The Morgan fingerprint density at radius 1 is 1.15 bits per heavy atom. The first-order valence-electron chi connectivity index (χ1n) is 10.6. The van der Waals surface area contributed by atoms with E-state index in [1.807, 2.05) is 0 Å². The molecule has 0 N–H and O–H groups in total. The lowest BCUT2D eigenvalue weighted by Gasteiger charge is -2.33. The van der Waals surface area contributed by atoms with Crippen LogP contribution in [0.5, 0.6) is 0 Å². The summed E-state index contributed by atoms with van der Waals surface area (Å²) in [6.07, 6.45) is -3.15. The van der Waals surface area contributed by atoms with Crippen LogP contribution in [0, 0.1) is 5.92 Å². The molecule has 0 unspecified atom stereocenters. The molecule has 2 heterocycles. The highest BCUT2D eigenvalue weighted by Crippen LogP contribution is 2.33. The van der Waals surface area contributed by atoms with E-state index in [0.29, 0.717) is 29.3 Å². The van der Waals surface area contributed by atoms with Gasteiger partial charge in [-0.25, -0.2) is 4.79 Å². The van der Waals surface area contributed by atoms with Gasteiger partial charge in [0.2, 0.25) is 17.7 Å². The van der Waals surface area contributed by atoms with Crippen molar-refractivity contribution in [1.82, 2.24) is 20.0 Å². The number of halogens is 4. The third-order valence-electron chi connectivity index (χ3n) is 5.61. The Labute approximate surface area is 192 Å².